The largest absolute Gasteiger partial charge is 0.489 e. The number of hydrogen-bond acceptors (Lipinski definition) is 5. The predicted octanol–water partition coefficient (Wildman–Crippen LogP) is 1.51. The molecule has 0 saturated heterocycles. The molecule has 2 N–H and O–H groups in total. The Morgan fingerprint density at radius 3 is 2.83 bits per heavy atom. The van der Waals surface area contributed by atoms with Crippen LogP contribution >= 0.6 is 0 Å². The lowest BCUT2D eigenvalue weighted by Crippen LogP contribution is -2.09. The first-order valence-corrected chi connectivity index (χ1v) is 5.49. The molecule has 18 heavy (non-hydrogen) atoms. The van der Waals surface area contributed by atoms with Crippen LogP contribution in [0.25, 0.3) is 5.69 Å². The Bertz CT molecular complexity index is 597. The van der Waals surface area contributed by atoms with Gasteiger partial charge in [0.15, 0.2) is 0 Å². The van der Waals surface area contributed by atoms with Gasteiger partial charge in [-0.1, -0.05) is 6.07 Å². The number of hydrogen-bond donors (Lipinski definition) is 1. The zero-order chi connectivity index (χ0) is 13.1. The molecule has 0 unspecified atom stereocenters. The van der Waals surface area contributed by atoms with Crippen LogP contribution in [0.15, 0.2) is 24.5 Å². The van der Waals surface area contributed by atoms with Crippen LogP contribution in [-0.4, -0.2) is 20.9 Å². The van der Waals surface area contributed by atoms with E-state index in [2.05, 4.69) is 10.1 Å². The predicted molar refractivity (Wildman–Crippen MR) is 66.3 cm³/mol. The highest BCUT2D eigenvalue weighted by molar-refractivity contribution is 5.66. The van der Waals surface area contributed by atoms with Gasteiger partial charge < -0.3 is 10.5 Å². The van der Waals surface area contributed by atoms with Crippen LogP contribution < -0.4 is 10.5 Å². The maximum atomic E-state index is 8.70. The van der Waals surface area contributed by atoms with Gasteiger partial charge in [0.1, 0.15) is 23.8 Å². The molecule has 0 atom stereocenters. The van der Waals surface area contributed by atoms with Gasteiger partial charge >= 0.3 is 0 Å². The number of benzene rings is 1. The Hall–Kier alpha value is -2.55. The normalized spacial score (nSPS) is 10.3. The molecule has 0 radical (unpaired) electrons. The third-order valence-corrected chi connectivity index (χ3v) is 2.24. The second kappa shape index (κ2) is 4.75. The van der Waals surface area contributed by atoms with E-state index in [1.165, 1.54) is 11.0 Å². The molecule has 0 bridgehead atoms. The van der Waals surface area contributed by atoms with E-state index in [1.807, 2.05) is 26.0 Å². The van der Waals surface area contributed by atoms with E-state index < -0.39 is 0 Å². The smallest absolute Gasteiger partial charge is 0.252 e. The van der Waals surface area contributed by atoms with Crippen molar-refractivity contribution in [3.8, 4) is 17.5 Å². The van der Waals surface area contributed by atoms with E-state index in [1.54, 1.807) is 12.1 Å². The Morgan fingerprint density at radius 2 is 2.22 bits per heavy atom. The minimum atomic E-state index is 0.0352. The van der Waals surface area contributed by atoms with Crippen LogP contribution in [0.5, 0.6) is 5.75 Å². The standard InChI is InChI=1S/C12H13N5O/c1-8(2)18-10-5-3-4-9(12(10)14)17-7-15-11(6-13)16-17/h3-5,7-8H,14H2,1-2H3. The van der Waals surface area contributed by atoms with Crippen LogP contribution in [0.4, 0.5) is 5.69 Å². The van der Waals surface area contributed by atoms with Crippen LogP contribution in [0.2, 0.25) is 0 Å². The van der Waals surface area contributed by atoms with Crippen molar-refractivity contribution in [1.82, 2.24) is 14.8 Å². The molecule has 6 nitrogen and oxygen atoms in total. The van der Waals surface area contributed by atoms with Crippen LogP contribution in [0, 0.1) is 11.3 Å². The molecule has 2 aromatic rings. The second-order valence-corrected chi connectivity index (χ2v) is 3.98. The van der Waals surface area contributed by atoms with Crippen molar-refractivity contribution >= 4 is 5.69 Å². The van der Waals surface area contributed by atoms with Gasteiger partial charge in [0, 0.05) is 0 Å². The molecule has 0 aliphatic rings. The van der Waals surface area contributed by atoms with Crippen LogP contribution in [0.3, 0.4) is 0 Å². The number of nitrogens with zero attached hydrogens (tertiary/aromatic N) is 4. The second-order valence-electron chi connectivity index (χ2n) is 3.98. The Balaban J connectivity index is 2.42. The maximum absolute atomic E-state index is 8.70. The third kappa shape index (κ3) is 2.25. The highest BCUT2D eigenvalue weighted by Crippen LogP contribution is 2.28. The van der Waals surface area contributed by atoms with Crippen LogP contribution in [-0.2, 0) is 0 Å². The summed E-state index contributed by atoms with van der Waals surface area (Å²) in [4.78, 5) is 3.84. The lowest BCUT2D eigenvalue weighted by molar-refractivity contribution is 0.244. The van der Waals surface area contributed by atoms with Gasteiger partial charge in [-0.15, -0.1) is 5.10 Å². The van der Waals surface area contributed by atoms with Gasteiger partial charge in [0.25, 0.3) is 5.82 Å². The van der Waals surface area contributed by atoms with E-state index in [0.717, 1.165) is 0 Å². The van der Waals surface area contributed by atoms with E-state index in [0.29, 0.717) is 17.1 Å². The van der Waals surface area contributed by atoms with Crippen molar-refractivity contribution in [2.24, 2.45) is 0 Å². The molecule has 0 amide bonds. The summed E-state index contributed by atoms with van der Waals surface area (Å²) in [7, 11) is 0. The molecule has 0 spiro atoms. The molecule has 0 fully saturated rings. The summed E-state index contributed by atoms with van der Waals surface area (Å²) in [6, 6.07) is 7.27. The average Bonchev–Trinajstić information content (AvgIpc) is 2.80. The number of aromatic nitrogens is 3. The third-order valence-electron chi connectivity index (χ3n) is 2.24. The van der Waals surface area contributed by atoms with E-state index in [9.17, 15) is 0 Å². The summed E-state index contributed by atoms with van der Waals surface area (Å²) in [6.45, 7) is 3.85. The number of nitrogen functional groups attached to an aromatic ring is 1. The fourth-order valence-corrected chi connectivity index (χ4v) is 1.52. The molecular weight excluding hydrogens is 230 g/mol. The number of rotatable bonds is 3. The number of nitriles is 1. The van der Waals surface area contributed by atoms with Crippen LogP contribution in [0.1, 0.15) is 19.7 Å². The Kier molecular flexibility index (Phi) is 3.15. The SMILES string of the molecule is CC(C)Oc1cccc(-n2cnc(C#N)n2)c1N. The summed E-state index contributed by atoms with van der Waals surface area (Å²) >= 11 is 0. The Labute approximate surface area is 105 Å². The van der Waals surface area contributed by atoms with Crippen molar-refractivity contribution < 1.29 is 4.74 Å². The molecule has 1 aromatic heterocycles. The summed E-state index contributed by atoms with van der Waals surface area (Å²) in [5, 5.41) is 12.7. The van der Waals surface area contributed by atoms with Crippen molar-refractivity contribution in [2.75, 3.05) is 5.73 Å². The van der Waals surface area contributed by atoms with Gasteiger partial charge in [-0.2, -0.15) is 5.26 Å². The highest BCUT2D eigenvalue weighted by atomic mass is 16.5. The topological polar surface area (TPSA) is 89.8 Å². The van der Waals surface area contributed by atoms with Gasteiger partial charge in [-0.05, 0) is 26.0 Å². The first kappa shape index (κ1) is 11.9. The first-order valence-electron chi connectivity index (χ1n) is 5.49. The molecule has 6 heteroatoms. The van der Waals surface area contributed by atoms with Gasteiger partial charge in [0.05, 0.1) is 11.8 Å². The fourth-order valence-electron chi connectivity index (χ4n) is 1.52. The quantitative estimate of drug-likeness (QED) is 0.825. The van der Waals surface area contributed by atoms with Gasteiger partial charge in [0.2, 0.25) is 0 Å². The Morgan fingerprint density at radius 1 is 1.44 bits per heavy atom. The summed E-state index contributed by atoms with van der Waals surface area (Å²) in [6.07, 6.45) is 1.48. The number of ether oxygens (including phenoxy) is 1. The van der Waals surface area contributed by atoms with E-state index in [4.69, 9.17) is 15.7 Å². The van der Waals surface area contributed by atoms with Gasteiger partial charge in [-0.3, -0.25) is 0 Å². The van der Waals surface area contributed by atoms with E-state index >= 15 is 0 Å². The summed E-state index contributed by atoms with van der Waals surface area (Å²) in [5.74, 6) is 0.695. The minimum absolute atomic E-state index is 0.0352. The summed E-state index contributed by atoms with van der Waals surface area (Å²) < 4.78 is 7.05. The number of nitrogens with two attached hydrogens (primary N) is 1. The molecule has 0 saturated carbocycles. The average molecular weight is 243 g/mol. The molecular formula is C12H13N5O. The summed E-state index contributed by atoms with van der Waals surface area (Å²) in [5.41, 5.74) is 7.13. The van der Waals surface area contributed by atoms with Crippen molar-refractivity contribution in [2.45, 2.75) is 20.0 Å². The zero-order valence-electron chi connectivity index (χ0n) is 10.2. The maximum Gasteiger partial charge on any atom is 0.252 e. The monoisotopic (exact) mass is 243 g/mol. The molecule has 1 heterocycles. The number of anilines is 1. The molecule has 2 rings (SSSR count). The molecule has 0 aliphatic heterocycles. The van der Waals surface area contributed by atoms with Crippen molar-refractivity contribution in [3.63, 3.8) is 0 Å². The van der Waals surface area contributed by atoms with Crippen molar-refractivity contribution in [3.05, 3.63) is 30.4 Å². The number of para-hydroxylation sites is 1. The molecule has 92 valence electrons. The highest BCUT2D eigenvalue weighted by Gasteiger charge is 2.10. The minimum Gasteiger partial charge on any atom is -0.489 e. The lowest BCUT2D eigenvalue weighted by atomic mass is 10.2. The lowest BCUT2D eigenvalue weighted by Gasteiger charge is -2.14. The zero-order valence-corrected chi connectivity index (χ0v) is 10.2. The van der Waals surface area contributed by atoms with E-state index in [-0.39, 0.29) is 11.9 Å². The van der Waals surface area contributed by atoms with Crippen molar-refractivity contribution in [1.29, 1.82) is 5.26 Å². The molecule has 1 aromatic carbocycles. The van der Waals surface area contributed by atoms with Gasteiger partial charge in [-0.25, -0.2) is 9.67 Å². The first-order chi connectivity index (χ1) is 8.61. The fraction of sp³-hybridized carbons (Fsp3) is 0.250. The molecule has 0 aliphatic carbocycles.